The van der Waals surface area contributed by atoms with E-state index in [1.165, 1.54) is 12.1 Å². The monoisotopic (exact) mass is 219 g/mol. The summed E-state index contributed by atoms with van der Waals surface area (Å²) in [6, 6.07) is 3.40. The smallest absolute Gasteiger partial charge is 0.139 e. The molecule has 1 aromatic rings. The summed E-state index contributed by atoms with van der Waals surface area (Å²) in [6.45, 7) is 4.89. The highest BCUT2D eigenvalue weighted by Crippen LogP contribution is 2.30. The van der Waals surface area contributed by atoms with Gasteiger partial charge in [0.25, 0.3) is 0 Å². The fraction of sp³-hybridized carbons (Fsp3) is 0.583. The van der Waals surface area contributed by atoms with E-state index in [1.54, 1.807) is 6.20 Å². The van der Waals surface area contributed by atoms with Crippen LogP contribution in [-0.4, -0.2) is 36.8 Å². The minimum Gasteiger partial charge on any atom is -0.492 e. The number of hydrogen-bond donors (Lipinski definition) is 1. The summed E-state index contributed by atoms with van der Waals surface area (Å²) in [5.41, 5.74) is 1.19. The number of nitrogens with zero attached hydrogens (tertiary/aromatic N) is 2. The lowest BCUT2D eigenvalue weighted by Gasteiger charge is -2.29. The second-order valence-electron chi connectivity index (χ2n) is 4.46. The Labute approximate surface area is 95.6 Å². The summed E-state index contributed by atoms with van der Waals surface area (Å²) in [7, 11) is 0. The Hall–Kier alpha value is -1.29. The van der Waals surface area contributed by atoms with Gasteiger partial charge in [-0.1, -0.05) is 0 Å². The van der Waals surface area contributed by atoms with Gasteiger partial charge in [0.2, 0.25) is 0 Å². The third kappa shape index (κ3) is 1.63. The zero-order chi connectivity index (χ0) is 11.0. The SMILES string of the molecule is CCOc1cncc(N2C[C@@H]3C[C@H]2CN3)c1. The molecular formula is C12H17N3O. The van der Waals surface area contributed by atoms with Crippen LogP contribution in [0.25, 0.3) is 0 Å². The van der Waals surface area contributed by atoms with Gasteiger partial charge >= 0.3 is 0 Å². The molecule has 0 aromatic carbocycles. The third-order valence-electron chi connectivity index (χ3n) is 3.40. The van der Waals surface area contributed by atoms with Crippen molar-refractivity contribution < 1.29 is 4.74 Å². The van der Waals surface area contributed by atoms with E-state index in [2.05, 4.69) is 21.3 Å². The zero-order valence-electron chi connectivity index (χ0n) is 9.52. The number of aromatic nitrogens is 1. The van der Waals surface area contributed by atoms with Crippen LogP contribution in [0.15, 0.2) is 18.5 Å². The lowest BCUT2D eigenvalue weighted by molar-refractivity contribution is 0.339. The predicted octanol–water partition coefficient (Wildman–Crippen LogP) is 1.03. The number of rotatable bonds is 3. The maximum atomic E-state index is 5.48. The molecule has 4 nitrogen and oxygen atoms in total. The topological polar surface area (TPSA) is 37.4 Å². The van der Waals surface area contributed by atoms with Gasteiger partial charge in [0.05, 0.1) is 24.7 Å². The molecule has 2 fully saturated rings. The molecule has 0 spiro atoms. The van der Waals surface area contributed by atoms with Crippen LogP contribution in [0.5, 0.6) is 5.75 Å². The van der Waals surface area contributed by atoms with Gasteiger partial charge in [0.1, 0.15) is 5.75 Å². The van der Waals surface area contributed by atoms with Crippen LogP contribution in [0.4, 0.5) is 5.69 Å². The molecule has 1 aromatic heterocycles. The lowest BCUT2D eigenvalue weighted by Crippen LogP contribution is -2.43. The summed E-state index contributed by atoms with van der Waals surface area (Å²) in [4.78, 5) is 6.69. The molecule has 2 saturated heterocycles. The summed E-state index contributed by atoms with van der Waals surface area (Å²) in [5.74, 6) is 0.871. The maximum Gasteiger partial charge on any atom is 0.139 e. The fourth-order valence-electron chi connectivity index (χ4n) is 2.69. The predicted molar refractivity (Wildman–Crippen MR) is 62.9 cm³/mol. The Morgan fingerprint density at radius 2 is 2.50 bits per heavy atom. The highest BCUT2D eigenvalue weighted by Gasteiger charge is 2.37. The van der Waals surface area contributed by atoms with E-state index in [0.29, 0.717) is 18.7 Å². The molecule has 0 radical (unpaired) electrons. The Bertz CT molecular complexity index is 382. The van der Waals surface area contributed by atoms with Crippen LogP contribution in [0.1, 0.15) is 13.3 Å². The maximum absolute atomic E-state index is 5.48. The molecule has 3 rings (SSSR count). The summed E-state index contributed by atoms with van der Waals surface area (Å²) >= 11 is 0. The average Bonchev–Trinajstić information content (AvgIpc) is 2.91. The Balaban J connectivity index is 1.81. The highest BCUT2D eigenvalue weighted by molar-refractivity contribution is 5.51. The van der Waals surface area contributed by atoms with Gasteiger partial charge in [-0.25, -0.2) is 0 Å². The van der Waals surface area contributed by atoms with Crippen molar-refractivity contribution >= 4 is 5.69 Å². The second-order valence-corrected chi connectivity index (χ2v) is 4.46. The van der Waals surface area contributed by atoms with Crippen molar-refractivity contribution in [3.63, 3.8) is 0 Å². The molecule has 2 aliphatic heterocycles. The van der Waals surface area contributed by atoms with Crippen molar-refractivity contribution in [2.75, 3.05) is 24.6 Å². The van der Waals surface area contributed by atoms with E-state index >= 15 is 0 Å². The van der Waals surface area contributed by atoms with E-state index in [9.17, 15) is 0 Å². The molecule has 86 valence electrons. The lowest BCUT2D eigenvalue weighted by atomic mass is 10.2. The minimum atomic E-state index is 0.642. The summed E-state index contributed by atoms with van der Waals surface area (Å²) in [5, 5.41) is 3.50. The van der Waals surface area contributed by atoms with Gasteiger partial charge in [-0.05, 0) is 13.3 Å². The molecular weight excluding hydrogens is 202 g/mol. The number of hydrogen-bond acceptors (Lipinski definition) is 4. The van der Waals surface area contributed by atoms with Crippen LogP contribution >= 0.6 is 0 Å². The van der Waals surface area contributed by atoms with Crippen LogP contribution in [0.2, 0.25) is 0 Å². The zero-order valence-corrected chi connectivity index (χ0v) is 9.52. The molecule has 3 heterocycles. The molecule has 2 aliphatic rings. The first-order valence-corrected chi connectivity index (χ1v) is 5.94. The summed E-state index contributed by atoms with van der Waals surface area (Å²) in [6.07, 6.45) is 4.97. The normalized spacial score (nSPS) is 27.4. The van der Waals surface area contributed by atoms with Gasteiger partial charge in [0.15, 0.2) is 0 Å². The summed E-state index contributed by atoms with van der Waals surface area (Å²) < 4.78 is 5.48. The van der Waals surface area contributed by atoms with Crippen molar-refractivity contribution in [2.24, 2.45) is 0 Å². The molecule has 0 unspecified atom stereocenters. The number of ether oxygens (including phenoxy) is 1. The number of nitrogens with one attached hydrogen (secondary N) is 1. The quantitative estimate of drug-likeness (QED) is 0.824. The van der Waals surface area contributed by atoms with E-state index in [-0.39, 0.29) is 0 Å². The van der Waals surface area contributed by atoms with Gasteiger partial charge in [0, 0.05) is 31.2 Å². The van der Waals surface area contributed by atoms with Crippen LogP contribution in [-0.2, 0) is 0 Å². The highest BCUT2D eigenvalue weighted by atomic mass is 16.5. The van der Waals surface area contributed by atoms with Gasteiger partial charge in [-0.2, -0.15) is 0 Å². The molecule has 1 N–H and O–H groups in total. The van der Waals surface area contributed by atoms with E-state index in [4.69, 9.17) is 4.74 Å². The molecule has 16 heavy (non-hydrogen) atoms. The molecule has 2 bridgehead atoms. The standard InChI is InChI=1S/C12H17N3O/c1-2-16-12-4-11(5-13-7-12)15-8-9-3-10(15)6-14-9/h4-5,7,9-10,14H,2-3,6,8H2,1H3/t9-,10-/m0/s1. The first-order valence-electron chi connectivity index (χ1n) is 5.94. The van der Waals surface area contributed by atoms with E-state index in [1.807, 2.05) is 13.1 Å². The Morgan fingerprint density at radius 3 is 3.19 bits per heavy atom. The number of fused-ring (bicyclic) bond motifs is 2. The first kappa shape index (κ1) is 9.90. The number of anilines is 1. The molecule has 0 aliphatic carbocycles. The molecule has 0 amide bonds. The van der Waals surface area contributed by atoms with Crippen molar-refractivity contribution in [1.29, 1.82) is 0 Å². The Morgan fingerprint density at radius 1 is 1.56 bits per heavy atom. The van der Waals surface area contributed by atoms with Crippen molar-refractivity contribution in [2.45, 2.75) is 25.4 Å². The van der Waals surface area contributed by atoms with E-state index in [0.717, 1.165) is 18.8 Å². The largest absolute Gasteiger partial charge is 0.492 e. The average molecular weight is 219 g/mol. The molecule has 2 atom stereocenters. The van der Waals surface area contributed by atoms with Crippen LogP contribution in [0.3, 0.4) is 0 Å². The van der Waals surface area contributed by atoms with Crippen LogP contribution < -0.4 is 15.0 Å². The number of piperazine rings is 1. The first-order chi connectivity index (χ1) is 7.86. The van der Waals surface area contributed by atoms with Crippen molar-refractivity contribution in [3.8, 4) is 5.75 Å². The second kappa shape index (κ2) is 3.94. The van der Waals surface area contributed by atoms with Crippen LogP contribution in [0, 0.1) is 0 Å². The van der Waals surface area contributed by atoms with Gasteiger partial charge < -0.3 is 15.0 Å². The molecule has 4 heteroatoms. The van der Waals surface area contributed by atoms with E-state index < -0.39 is 0 Å². The Kier molecular flexibility index (Phi) is 2.44. The molecule has 0 saturated carbocycles. The van der Waals surface area contributed by atoms with Gasteiger partial charge in [-0.3, -0.25) is 4.98 Å². The third-order valence-corrected chi connectivity index (χ3v) is 3.40. The minimum absolute atomic E-state index is 0.642. The van der Waals surface area contributed by atoms with Gasteiger partial charge in [-0.15, -0.1) is 0 Å². The van der Waals surface area contributed by atoms with Crippen molar-refractivity contribution in [3.05, 3.63) is 18.5 Å². The van der Waals surface area contributed by atoms with Crippen molar-refractivity contribution in [1.82, 2.24) is 10.3 Å². The number of pyridine rings is 1. The fourth-order valence-corrected chi connectivity index (χ4v) is 2.69.